The van der Waals surface area contributed by atoms with Crippen molar-refractivity contribution in [1.82, 2.24) is 15.3 Å². The van der Waals surface area contributed by atoms with Crippen molar-refractivity contribution in [3.05, 3.63) is 45.1 Å². The molecule has 0 aromatic carbocycles. The number of carbonyl (C=O) groups excluding carboxylic acids is 1. The van der Waals surface area contributed by atoms with Gasteiger partial charge in [0.1, 0.15) is 5.01 Å². The number of nitrogens with zero attached hydrogens (tertiary/aromatic N) is 2. The summed E-state index contributed by atoms with van der Waals surface area (Å²) in [6.07, 6.45) is 4.91. The van der Waals surface area contributed by atoms with Gasteiger partial charge in [-0.15, -0.1) is 11.3 Å². The summed E-state index contributed by atoms with van der Waals surface area (Å²) in [5, 5.41) is 5.72. The van der Waals surface area contributed by atoms with Gasteiger partial charge in [-0.3, -0.25) is 9.78 Å². The van der Waals surface area contributed by atoms with Gasteiger partial charge in [0.2, 0.25) is 0 Å². The number of thiazole rings is 1. The average molecular weight is 326 g/mol. The molecular weight excluding hydrogens is 314 g/mol. The van der Waals surface area contributed by atoms with Gasteiger partial charge in [-0.1, -0.05) is 0 Å². The number of halogens is 1. The van der Waals surface area contributed by atoms with Crippen molar-refractivity contribution in [3.8, 4) is 0 Å². The van der Waals surface area contributed by atoms with Crippen LogP contribution in [0.25, 0.3) is 0 Å². The zero-order valence-electron chi connectivity index (χ0n) is 9.98. The molecule has 0 aliphatic carbocycles. The van der Waals surface area contributed by atoms with Gasteiger partial charge in [0.15, 0.2) is 0 Å². The molecule has 18 heavy (non-hydrogen) atoms. The molecule has 1 amide bonds. The van der Waals surface area contributed by atoms with Crippen LogP contribution < -0.4 is 5.32 Å². The number of hydrogen-bond acceptors (Lipinski definition) is 4. The molecule has 2 heterocycles. The Labute approximate surface area is 118 Å². The number of carbonyl (C=O) groups is 1. The number of nitrogens with one attached hydrogen (secondary N) is 1. The first-order valence-corrected chi connectivity index (χ1v) is 6.99. The fourth-order valence-electron chi connectivity index (χ4n) is 1.48. The smallest absolute Gasteiger partial charge is 0.253 e. The zero-order chi connectivity index (χ0) is 13.2. The minimum Gasteiger partial charge on any atom is -0.341 e. The summed E-state index contributed by atoms with van der Waals surface area (Å²) in [5.41, 5.74) is 0.0297. The fourth-order valence-corrected chi connectivity index (χ4v) is 2.56. The van der Waals surface area contributed by atoms with Gasteiger partial charge in [0, 0.05) is 28.4 Å². The van der Waals surface area contributed by atoms with Crippen LogP contribution in [0.4, 0.5) is 0 Å². The lowest BCUT2D eigenvalue weighted by Gasteiger charge is -2.23. The molecular formula is C12H12BrN3OS. The molecule has 2 aromatic rings. The van der Waals surface area contributed by atoms with Crippen molar-refractivity contribution in [3.63, 3.8) is 0 Å². The summed E-state index contributed by atoms with van der Waals surface area (Å²) in [5.74, 6) is -0.163. The summed E-state index contributed by atoms with van der Waals surface area (Å²) < 4.78 is 0.780. The molecule has 0 saturated heterocycles. The Morgan fingerprint density at radius 2 is 2.22 bits per heavy atom. The van der Waals surface area contributed by atoms with Crippen LogP contribution in [-0.4, -0.2) is 15.9 Å². The molecule has 0 spiro atoms. The Hall–Kier alpha value is -1.27. The molecule has 0 atom stereocenters. The quantitative estimate of drug-likeness (QED) is 0.943. The van der Waals surface area contributed by atoms with Crippen LogP contribution >= 0.6 is 27.3 Å². The number of hydrogen-bond donors (Lipinski definition) is 1. The summed E-state index contributed by atoms with van der Waals surface area (Å²) >= 11 is 4.82. The van der Waals surface area contributed by atoms with Gasteiger partial charge in [0.25, 0.3) is 5.91 Å². The number of aromatic nitrogens is 2. The second-order valence-electron chi connectivity index (χ2n) is 4.31. The normalized spacial score (nSPS) is 11.3. The Bertz CT molecular complexity index is 554. The first kappa shape index (κ1) is 13.2. The maximum Gasteiger partial charge on any atom is 0.253 e. The predicted molar refractivity (Wildman–Crippen MR) is 74.5 cm³/mol. The second-order valence-corrected chi connectivity index (χ2v) is 6.12. The number of rotatable bonds is 3. The standard InChI is InChI=1S/C12H12BrN3OS/c1-12(2,11-15-3-4-18-11)16-10(17)8-5-9(13)7-14-6-8/h3-7H,1-2H3,(H,16,17). The van der Waals surface area contributed by atoms with Crippen LogP contribution in [0.2, 0.25) is 0 Å². The molecule has 1 N–H and O–H groups in total. The van der Waals surface area contributed by atoms with Crippen molar-refractivity contribution >= 4 is 33.2 Å². The molecule has 4 nitrogen and oxygen atoms in total. The van der Waals surface area contributed by atoms with Crippen LogP contribution in [0.1, 0.15) is 29.2 Å². The van der Waals surface area contributed by atoms with Crippen LogP contribution in [0.5, 0.6) is 0 Å². The van der Waals surface area contributed by atoms with Crippen LogP contribution in [0, 0.1) is 0 Å². The largest absolute Gasteiger partial charge is 0.341 e. The van der Waals surface area contributed by atoms with Crippen LogP contribution in [-0.2, 0) is 5.54 Å². The minimum atomic E-state index is -0.492. The topological polar surface area (TPSA) is 54.9 Å². The monoisotopic (exact) mass is 325 g/mol. The Kier molecular flexibility index (Phi) is 3.77. The summed E-state index contributed by atoms with van der Waals surface area (Å²) in [6.45, 7) is 3.85. The van der Waals surface area contributed by atoms with E-state index in [1.807, 2.05) is 19.2 Å². The molecule has 0 aliphatic heterocycles. The lowest BCUT2D eigenvalue weighted by molar-refractivity contribution is 0.0911. The molecule has 0 saturated carbocycles. The van der Waals surface area contributed by atoms with E-state index in [0.717, 1.165) is 9.48 Å². The van der Waals surface area contributed by atoms with Gasteiger partial charge in [-0.25, -0.2) is 4.98 Å². The van der Waals surface area contributed by atoms with E-state index in [-0.39, 0.29) is 5.91 Å². The fraction of sp³-hybridized carbons (Fsp3) is 0.250. The van der Waals surface area contributed by atoms with E-state index in [0.29, 0.717) is 5.56 Å². The molecule has 0 bridgehead atoms. The third-order valence-corrected chi connectivity index (χ3v) is 3.89. The Balaban J connectivity index is 2.17. The molecule has 0 fully saturated rings. The highest BCUT2D eigenvalue weighted by Crippen LogP contribution is 2.22. The van der Waals surface area contributed by atoms with Crippen LogP contribution in [0.15, 0.2) is 34.5 Å². The maximum atomic E-state index is 12.1. The van der Waals surface area contributed by atoms with E-state index in [1.165, 1.54) is 17.5 Å². The third kappa shape index (κ3) is 2.94. The molecule has 0 aliphatic rings. The SMILES string of the molecule is CC(C)(NC(=O)c1cncc(Br)c1)c1nccs1. The van der Waals surface area contributed by atoms with Crippen LogP contribution in [0.3, 0.4) is 0 Å². The summed E-state index contributed by atoms with van der Waals surface area (Å²) in [4.78, 5) is 20.3. The Morgan fingerprint density at radius 1 is 1.44 bits per heavy atom. The first-order chi connectivity index (χ1) is 8.49. The van der Waals surface area contributed by atoms with E-state index in [9.17, 15) is 4.79 Å². The van der Waals surface area contributed by atoms with Crippen molar-refractivity contribution in [2.75, 3.05) is 0 Å². The van der Waals surface area contributed by atoms with E-state index < -0.39 is 5.54 Å². The highest BCUT2D eigenvalue weighted by atomic mass is 79.9. The predicted octanol–water partition coefficient (Wildman–Crippen LogP) is 2.97. The van der Waals surface area contributed by atoms with Crippen molar-refractivity contribution in [2.24, 2.45) is 0 Å². The molecule has 6 heteroatoms. The van der Waals surface area contributed by atoms with Crippen molar-refractivity contribution < 1.29 is 4.79 Å². The van der Waals surface area contributed by atoms with E-state index in [1.54, 1.807) is 18.5 Å². The molecule has 0 radical (unpaired) electrons. The van der Waals surface area contributed by atoms with E-state index in [2.05, 4.69) is 31.2 Å². The molecule has 2 aromatic heterocycles. The van der Waals surface area contributed by atoms with E-state index >= 15 is 0 Å². The lowest BCUT2D eigenvalue weighted by atomic mass is 10.1. The highest BCUT2D eigenvalue weighted by molar-refractivity contribution is 9.10. The Morgan fingerprint density at radius 3 is 2.83 bits per heavy atom. The second kappa shape index (κ2) is 5.16. The summed E-state index contributed by atoms with van der Waals surface area (Å²) in [7, 11) is 0. The van der Waals surface area contributed by atoms with Crippen molar-refractivity contribution in [2.45, 2.75) is 19.4 Å². The lowest BCUT2D eigenvalue weighted by Crippen LogP contribution is -2.40. The van der Waals surface area contributed by atoms with Gasteiger partial charge in [-0.2, -0.15) is 0 Å². The molecule has 2 rings (SSSR count). The maximum absolute atomic E-state index is 12.1. The minimum absolute atomic E-state index is 0.163. The van der Waals surface area contributed by atoms with Gasteiger partial charge in [0.05, 0.1) is 11.1 Å². The number of amides is 1. The number of pyridine rings is 1. The van der Waals surface area contributed by atoms with Crippen molar-refractivity contribution in [1.29, 1.82) is 0 Å². The zero-order valence-corrected chi connectivity index (χ0v) is 12.4. The highest BCUT2D eigenvalue weighted by Gasteiger charge is 2.26. The molecule has 94 valence electrons. The van der Waals surface area contributed by atoms with Gasteiger partial charge >= 0.3 is 0 Å². The van der Waals surface area contributed by atoms with Gasteiger partial charge in [-0.05, 0) is 35.8 Å². The summed E-state index contributed by atoms with van der Waals surface area (Å²) in [6, 6.07) is 1.74. The third-order valence-electron chi connectivity index (χ3n) is 2.36. The first-order valence-electron chi connectivity index (χ1n) is 5.32. The van der Waals surface area contributed by atoms with Gasteiger partial charge < -0.3 is 5.32 Å². The molecule has 0 unspecified atom stereocenters. The average Bonchev–Trinajstić information content (AvgIpc) is 2.82. The van der Waals surface area contributed by atoms with E-state index in [4.69, 9.17) is 0 Å².